The molecule has 5 heteroatoms. The molecule has 2 rings (SSSR count). The topological polar surface area (TPSA) is 53.6 Å². The van der Waals surface area contributed by atoms with Crippen LogP contribution in [0.4, 0.5) is 10.5 Å². The van der Waals surface area contributed by atoms with Crippen molar-refractivity contribution in [3.8, 4) is 5.75 Å². The van der Waals surface area contributed by atoms with Crippen molar-refractivity contribution in [1.29, 1.82) is 0 Å². The average Bonchev–Trinajstić information content (AvgIpc) is 2.62. The Kier molecular flexibility index (Phi) is 6.86. The van der Waals surface area contributed by atoms with E-state index in [1.54, 1.807) is 7.11 Å². The number of likely N-dealkylation sites (N-methyl/N-ethyl adjacent to an activating group) is 1. The standard InChI is InChI=1S/C22H31N3O2/c1-22(2,3)17-9-11-18(12-10-17)24-21(26)23-15-20(25(4)5)16-7-13-19(27-6)14-8-16/h7-14,20H,15H2,1-6H3,(H2,23,24,26). The third kappa shape index (κ3) is 6.00. The van der Waals surface area contributed by atoms with Gasteiger partial charge in [-0.2, -0.15) is 0 Å². The van der Waals surface area contributed by atoms with Gasteiger partial charge in [0.05, 0.1) is 13.2 Å². The number of anilines is 1. The molecule has 0 saturated carbocycles. The molecule has 2 amide bonds. The maximum Gasteiger partial charge on any atom is 0.319 e. The van der Waals surface area contributed by atoms with E-state index in [-0.39, 0.29) is 17.5 Å². The van der Waals surface area contributed by atoms with E-state index in [1.807, 2.05) is 50.5 Å². The number of ether oxygens (including phenoxy) is 1. The molecule has 0 saturated heterocycles. The summed E-state index contributed by atoms with van der Waals surface area (Å²) in [4.78, 5) is 14.4. The number of amides is 2. The normalized spacial score (nSPS) is 12.6. The summed E-state index contributed by atoms with van der Waals surface area (Å²) in [5.41, 5.74) is 3.24. The van der Waals surface area contributed by atoms with Crippen molar-refractivity contribution in [3.63, 3.8) is 0 Å². The van der Waals surface area contributed by atoms with Gasteiger partial charge < -0.3 is 20.3 Å². The van der Waals surface area contributed by atoms with Gasteiger partial charge >= 0.3 is 6.03 Å². The lowest BCUT2D eigenvalue weighted by molar-refractivity contribution is 0.243. The zero-order valence-corrected chi connectivity index (χ0v) is 17.2. The second kappa shape index (κ2) is 8.91. The first-order valence-corrected chi connectivity index (χ1v) is 9.16. The predicted octanol–water partition coefficient (Wildman–Crippen LogP) is 4.42. The fraction of sp³-hybridized carbons (Fsp3) is 0.409. The highest BCUT2D eigenvalue weighted by molar-refractivity contribution is 5.89. The molecule has 0 heterocycles. The predicted molar refractivity (Wildman–Crippen MR) is 112 cm³/mol. The summed E-state index contributed by atoms with van der Waals surface area (Å²) in [7, 11) is 5.65. The Labute approximate surface area is 162 Å². The van der Waals surface area contributed by atoms with Gasteiger partial charge in [0.1, 0.15) is 5.75 Å². The second-order valence-electron chi connectivity index (χ2n) is 7.91. The number of hydrogen-bond acceptors (Lipinski definition) is 3. The minimum atomic E-state index is -0.209. The molecule has 1 unspecified atom stereocenters. The molecule has 0 aliphatic rings. The highest BCUT2D eigenvalue weighted by atomic mass is 16.5. The van der Waals surface area contributed by atoms with Crippen LogP contribution in [0.3, 0.4) is 0 Å². The van der Waals surface area contributed by atoms with Crippen molar-refractivity contribution in [3.05, 3.63) is 59.7 Å². The summed E-state index contributed by atoms with van der Waals surface area (Å²) >= 11 is 0. The molecule has 0 bridgehead atoms. The summed E-state index contributed by atoms with van der Waals surface area (Å²) in [6, 6.07) is 15.8. The number of nitrogens with one attached hydrogen (secondary N) is 2. The Morgan fingerprint density at radius 1 is 1.04 bits per heavy atom. The summed E-state index contributed by atoms with van der Waals surface area (Å²) in [6.07, 6.45) is 0. The quantitative estimate of drug-likeness (QED) is 0.793. The molecule has 1 atom stereocenters. The zero-order valence-electron chi connectivity index (χ0n) is 17.2. The van der Waals surface area contributed by atoms with E-state index in [4.69, 9.17) is 4.74 Å². The van der Waals surface area contributed by atoms with Gasteiger partial charge in [-0.05, 0) is 54.9 Å². The molecule has 0 aliphatic heterocycles. The number of methoxy groups -OCH3 is 1. The van der Waals surface area contributed by atoms with Crippen molar-refractivity contribution >= 4 is 11.7 Å². The van der Waals surface area contributed by atoms with E-state index in [0.717, 1.165) is 17.0 Å². The molecule has 2 aromatic carbocycles. The number of rotatable bonds is 6. The van der Waals surface area contributed by atoms with E-state index in [0.29, 0.717) is 6.54 Å². The molecule has 2 aromatic rings. The summed E-state index contributed by atoms with van der Waals surface area (Å²) in [5.74, 6) is 0.820. The van der Waals surface area contributed by atoms with E-state index in [9.17, 15) is 4.79 Å². The summed E-state index contributed by atoms with van der Waals surface area (Å²) in [6.45, 7) is 7.01. The maximum absolute atomic E-state index is 12.3. The maximum atomic E-state index is 12.3. The van der Waals surface area contributed by atoms with Gasteiger partial charge in [0, 0.05) is 12.2 Å². The molecule has 0 fully saturated rings. The second-order valence-corrected chi connectivity index (χ2v) is 7.91. The molecule has 146 valence electrons. The Bertz CT molecular complexity index is 732. The number of benzene rings is 2. The third-order valence-corrected chi connectivity index (χ3v) is 4.59. The fourth-order valence-electron chi connectivity index (χ4n) is 2.84. The number of nitrogens with zero attached hydrogens (tertiary/aromatic N) is 1. The van der Waals surface area contributed by atoms with Gasteiger partial charge in [0.25, 0.3) is 0 Å². The lowest BCUT2D eigenvalue weighted by Gasteiger charge is -2.25. The summed E-state index contributed by atoms with van der Waals surface area (Å²) in [5, 5.41) is 5.86. The van der Waals surface area contributed by atoms with Crippen LogP contribution in [0.15, 0.2) is 48.5 Å². The van der Waals surface area contributed by atoms with Crippen molar-refractivity contribution in [2.24, 2.45) is 0 Å². The lowest BCUT2D eigenvalue weighted by atomic mass is 9.87. The highest BCUT2D eigenvalue weighted by Crippen LogP contribution is 2.24. The van der Waals surface area contributed by atoms with Crippen LogP contribution in [-0.2, 0) is 5.41 Å². The average molecular weight is 370 g/mol. The van der Waals surface area contributed by atoms with Crippen LogP contribution < -0.4 is 15.4 Å². The van der Waals surface area contributed by atoms with Crippen LogP contribution in [0.1, 0.15) is 37.9 Å². The SMILES string of the molecule is COc1ccc(C(CNC(=O)Nc2ccc(C(C)(C)C)cc2)N(C)C)cc1. The molecule has 2 N–H and O–H groups in total. The van der Waals surface area contributed by atoms with Crippen LogP contribution in [0.2, 0.25) is 0 Å². The summed E-state index contributed by atoms with van der Waals surface area (Å²) < 4.78 is 5.21. The van der Waals surface area contributed by atoms with Gasteiger partial charge in [0.2, 0.25) is 0 Å². The molecule has 0 radical (unpaired) electrons. The minimum Gasteiger partial charge on any atom is -0.497 e. The smallest absolute Gasteiger partial charge is 0.319 e. The number of carbonyl (C=O) groups is 1. The first-order chi connectivity index (χ1) is 12.7. The Morgan fingerprint density at radius 3 is 2.11 bits per heavy atom. The molecular formula is C22H31N3O2. The van der Waals surface area contributed by atoms with Crippen LogP contribution in [0, 0.1) is 0 Å². The third-order valence-electron chi connectivity index (χ3n) is 4.59. The van der Waals surface area contributed by atoms with Gasteiger partial charge in [0.15, 0.2) is 0 Å². The van der Waals surface area contributed by atoms with E-state index < -0.39 is 0 Å². The molecular weight excluding hydrogens is 338 g/mol. The largest absolute Gasteiger partial charge is 0.497 e. The lowest BCUT2D eigenvalue weighted by Crippen LogP contribution is -2.36. The van der Waals surface area contributed by atoms with E-state index in [1.165, 1.54) is 5.56 Å². The van der Waals surface area contributed by atoms with E-state index in [2.05, 4.69) is 48.4 Å². The molecule has 0 spiro atoms. The Hall–Kier alpha value is -2.53. The van der Waals surface area contributed by atoms with Gasteiger partial charge in [-0.25, -0.2) is 4.79 Å². The molecule has 0 aliphatic carbocycles. The number of urea groups is 1. The number of hydrogen-bond donors (Lipinski definition) is 2. The highest BCUT2D eigenvalue weighted by Gasteiger charge is 2.16. The van der Waals surface area contributed by atoms with Gasteiger partial charge in [-0.1, -0.05) is 45.0 Å². The van der Waals surface area contributed by atoms with Crippen LogP contribution in [0.25, 0.3) is 0 Å². The minimum absolute atomic E-state index is 0.0740. The monoisotopic (exact) mass is 369 g/mol. The van der Waals surface area contributed by atoms with E-state index >= 15 is 0 Å². The van der Waals surface area contributed by atoms with Crippen molar-refractivity contribution in [2.75, 3.05) is 33.1 Å². The molecule has 0 aromatic heterocycles. The molecule has 27 heavy (non-hydrogen) atoms. The van der Waals surface area contributed by atoms with Crippen molar-refractivity contribution < 1.29 is 9.53 Å². The van der Waals surface area contributed by atoms with Crippen molar-refractivity contribution in [1.82, 2.24) is 10.2 Å². The fourth-order valence-corrected chi connectivity index (χ4v) is 2.84. The molecule has 5 nitrogen and oxygen atoms in total. The Balaban J connectivity index is 1.95. The first kappa shape index (κ1) is 20.8. The van der Waals surface area contributed by atoms with Gasteiger partial charge in [-0.15, -0.1) is 0 Å². The number of carbonyl (C=O) groups excluding carboxylic acids is 1. The zero-order chi connectivity index (χ0) is 20.0. The van der Waals surface area contributed by atoms with Crippen molar-refractivity contribution in [2.45, 2.75) is 32.2 Å². The Morgan fingerprint density at radius 2 is 1.63 bits per heavy atom. The first-order valence-electron chi connectivity index (χ1n) is 9.16. The van der Waals surface area contributed by atoms with Crippen LogP contribution in [0.5, 0.6) is 5.75 Å². The van der Waals surface area contributed by atoms with Crippen LogP contribution in [-0.4, -0.2) is 38.7 Å². The van der Waals surface area contributed by atoms with Gasteiger partial charge in [-0.3, -0.25) is 0 Å². The van der Waals surface area contributed by atoms with Crippen LogP contribution >= 0.6 is 0 Å².